The van der Waals surface area contributed by atoms with Crippen molar-refractivity contribution in [2.75, 3.05) is 17.2 Å². The first-order valence-corrected chi connectivity index (χ1v) is 13.2. The maximum atomic E-state index is 12.9. The molecule has 1 saturated heterocycles. The van der Waals surface area contributed by atoms with Crippen molar-refractivity contribution in [1.82, 2.24) is 24.6 Å². The molecule has 190 valence electrons. The fraction of sp³-hybridized carbons (Fsp3) is 0.200. The van der Waals surface area contributed by atoms with Crippen molar-refractivity contribution in [3.63, 3.8) is 0 Å². The van der Waals surface area contributed by atoms with Gasteiger partial charge in [0.15, 0.2) is 40.7 Å². The summed E-state index contributed by atoms with van der Waals surface area (Å²) in [4.78, 5) is 46.8. The molecule has 0 bridgehead atoms. The number of amides is 2. The first-order valence-electron chi connectivity index (χ1n) is 10.5. The molecule has 1 fully saturated rings. The Labute approximate surface area is 220 Å². The van der Waals surface area contributed by atoms with E-state index in [1.54, 1.807) is 29.1 Å². The van der Waals surface area contributed by atoms with Crippen molar-refractivity contribution >= 4 is 68.4 Å². The van der Waals surface area contributed by atoms with Crippen LogP contribution in [0.15, 0.2) is 46.3 Å². The zero-order valence-corrected chi connectivity index (χ0v) is 21.0. The van der Waals surface area contributed by atoms with E-state index in [4.69, 9.17) is 11.5 Å². The summed E-state index contributed by atoms with van der Waals surface area (Å²) in [6.45, 7) is 0.171. The zero-order valence-electron chi connectivity index (χ0n) is 18.6. The number of carboxylic acids is 1. The van der Waals surface area contributed by atoms with Crippen LogP contribution >= 0.6 is 34.6 Å². The molecule has 0 aliphatic carbocycles. The second kappa shape index (κ2) is 9.75. The predicted octanol–water partition coefficient (Wildman–Crippen LogP) is -1.60. The quantitative estimate of drug-likeness (QED) is 0.0849. The van der Waals surface area contributed by atoms with Crippen LogP contribution in [-0.4, -0.2) is 65.1 Å². The molecule has 2 aliphatic rings. The van der Waals surface area contributed by atoms with E-state index in [2.05, 4.69) is 24.8 Å². The van der Waals surface area contributed by atoms with Crippen LogP contribution in [0.4, 0.5) is 10.3 Å². The molecular weight excluding hydrogens is 542 g/mol. The molecular formula is C20H17N9O5S3. The first kappa shape index (κ1) is 24.6. The van der Waals surface area contributed by atoms with E-state index in [0.29, 0.717) is 22.1 Å². The number of thioether (sulfide) groups is 1. The molecule has 2 aliphatic heterocycles. The summed E-state index contributed by atoms with van der Waals surface area (Å²) in [5.41, 5.74) is 11.8. The molecule has 2 atom stereocenters. The van der Waals surface area contributed by atoms with Gasteiger partial charge in [-0.1, -0.05) is 5.16 Å². The van der Waals surface area contributed by atoms with Gasteiger partial charge >= 0.3 is 0 Å². The monoisotopic (exact) mass is 559 g/mol. The standard InChI is InChI=1S/C20H17N9O5S3/c21-19-23-10(7-36-19)11(26-34)15(30)24-12-16(31)29-13(18(32)33)9(6-35-17(12)29)5-28-3-1-2-8(4-28)14-25-20(22)37-27-14/h1-4,7,12,17H,5-6H2,(H6-,21,22,23,24,25,27,30,32,33,34)/t12-,17-/m1/s1. The van der Waals surface area contributed by atoms with Gasteiger partial charge in [0.1, 0.15) is 17.1 Å². The van der Waals surface area contributed by atoms with E-state index in [1.807, 2.05) is 0 Å². The third kappa shape index (κ3) is 4.58. The number of hydrogen-bond acceptors (Lipinski definition) is 14. The lowest BCUT2D eigenvalue weighted by Gasteiger charge is -2.50. The number of nitrogens with one attached hydrogen (secondary N) is 1. The molecule has 14 nitrogen and oxygen atoms in total. The smallest absolute Gasteiger partial charge is 0.276 e. The van der Waals surface area contributed by atoms with Crippen LogP contribution in [-0.2, 0) is 20.9 Å². The average Bonchev–Trinajstić information content (AvgIpc) is 3.51. The number of β-lactam (4-membered cyclic amide) rings is 1. The van der Waals surface area contributed by atoms with E-state index in [0.717, 1.165) is 27.8 Å². The van der Waals surface area contributed by atoms with Gasteiger partial charge in [0.05, 0.1) is 17.2 Å². The van der Waals surface area contributed by atoms with Crippen molar-refractivity contribution in [3.8, 4) is 11.4 Å². The molecule has 2 amide bonds. The highest BCUT2D eigenvalue weighted by Crippen LogP contribution is 2.40. The number of hydrogen-bond donors (Lipinski definition) is 4. The van der Waals surface area contributed by atoms with Gasteiger partial charge in [-0.2, -0.15) is 9.36 Å². The SMILES string of the molecule is Nc1nc(/C(=N/O)C(=O)N[C@@H]2C(=O)N3C(C(=O)[O-])=C(C[n+]4cccc(-c5nsc(N)n5)c4)CS[C@H]23)cs1. The van der Waals surface area contributed by atoms with Gasteiger partial charge < -0.3 is 31.9 Å². The van der Waals surface area contributed by atoms with E-state index >= 15 is 0 Å². The number of fused-ring (bicyclic) bond motifs is 1. The molecule has 0 unspecified atom stereocenters. The topological polar surface area (TPSA) is 217 Å². The highest BCUT2D eigenvalue weighted by Gasteiger charge is 2.53. The van der Waals surface area contributed by atoms with Crippen molar-refractivity contribution in [3.05, 3.63) is 46.9 Å². The molecule has 37 heavy (non-hydrogen) atoms. The number of aliphatic carboxylic acids is 1. The minimum atomic E-state index is -1.50. The average molecular weight is 560 g/mol. The summed E-state index contributed by atoms with van der Waals surface area (Å²) < 4.78 is 5.93. The number of carbonyl (C=O) groups excluding carboxylic acids is 3. The largest absolute Gasteiger partial charge is 0.543 e. The van der Waals surface area contributed by atoms with Gasteiger partial charge in [-0.3, -0.25) is 14.5 Å². The Kier molecular flexibility index (Phi) is 6.48. The maximum absolute atomic E-state index is 12.9. The van der Waals surface area contributed by atoms with Gasteiger partial charge in [-0.25, -0.2) is 9.55 Å². The summed E-state index contributed by atoms with van der Waals surface area (Å²) in [7, 11) is 0. The summed E-state index contributed by atoms with van der Waals surface area (Å²) in [5.74, 6) is -2.25. The van der Waals surface area contributed by atoms with Crippen LogP contribution in [0.25, 0.3) is 11.4 Å². The summed E-state index contributed by atoms with van der Waals surface area (Å²) in [5, 5.41) is 28.1. The van der Waals surface area contributed by atoms with Crippen LogP contribution in [0.3, 0.4) is 0 Å². The minimum absolute atomic E-state index is 0.0508. The van der Waals surface area contributed by atoms with Crippen molar-refractivity contribution in [1.29, 1.82) is 0 Å². The Morgan fingerprint density at radius 3 is 2.78 bits per heavy atom. The molecule has 0 saturated carbocycles. The number of nitrogen functional groups attached to an aromatic ring is 2. The Morgan fingerprint density at radius 2 is 2.14 bits per heavy atom. The minimum Gasteiger partial charge on any atom is -0.543 e. The molecule has 3 aromatic heterocycles. The number of carboxylic acid groups (broad SMARTS) is 1. The summed E-state index contributed by atoms with van der Waals surface area (Å²) >= 11 is 3.41. The molecule has 0 aromatic carbocycles. The number of oxime groups is 1. The predicted molar refractivity (Wildman–Crippen MR) is 132 cm³/mol. The molecule has 0 spiro atoms. The first-order chi connectivity index (χ1) is 17.8. The van der Waals surface area contributed by atoms with Crippen LogP contribution in [0, 0.1) is 0 Å². The number of pyridine rings is 1. The fourth-order valence-corrected chi connectivity index (χ4v) is 6.27. The number of carbonyl (C=O) groups is 3. The summed E-state index contributed by atoms with van der Waals surface area (Å²) in [6.07, 6.45) is 3.50. The van der Waals surface area contributed by atoms with E-state index in [-0.39, 0.29) is 28.8 Å². The fourth-order valence-electron chi connectivity index (χ4n) is 3.94. The third-order valence-corrected chi connectivity index (χ3v) is 8.09. The number of nitrogens with zero attached hydrogens (tertiary/aromatic N) is 6. The van der Waals surface area contributed by atoms with Crippen LogP contribution in [0.5, 0.6) is 0 Å². The zero-order chi connectivity index (χ0) is 26.3. The third-order valence-electron chi connectivity index (χ3n) is 5.54. The van der Waals surface area contributed by atoms with Crippen LogP contribution in [0.2, 0.25) is 0 Å². The van der Waals surface area contributed by atoms with Gasteiger partial charge in [0, 0.05) is 34.3 Å². The number of rotatable bonds is 7. The Morgan fingerprint density at radius 1 is 1.32 bits per heavy atom. The van der Waals surface area contributed by atoms with E-state index in [9.17, 15) is 24.7 Å². The van der Waals surface area contributed by atoms with Gasteiger partial charge in [0.25, 0.3) is 11.8 Å². The van der Waals surface area contributed by atoms with Gasteiger partial charge in [-0.15, -0.1) is 23.1 Å². The lowest BCUT2D eigenvalue weighted by Crippen LogP contribution is -2.71. The molecule has 5 heterocycles. The maximum Gasteiger partial charge on any atom is 0.276 e. The highest BCUT2D eigenvalue weighted by atomic mass is 32.2. The van der Waals surface area contributed by atoms with Crippen molar-refractivity contribution in [2.24, 2.45) is 5.16 Å². The molecule has 3 aromatic rings. The van der Waals surface area contributed by atoms with Crippen LogP contribution in [0.1, 0.15) is 5.69 Å². The van der Waals surface area contributed by atoms with Gasteiger partial charge in [-0.05, 0) is 6.07 Å². The Balaban J connectivity index is 1.34. The molecule has 6 N–H and O–H groups in total. The Hall–Kier alpha value is -4.09. The normalized spacial score (nSPS) is 19.4. The molecule has 5 rings (SSSR count). The Bertz CT molecular complexity index is 1480. The molecule has 0 radical (unpaired) electrons. The number of anilines is 2. The van der Waals surface area contributed by atoms with Crippen molar-refractivity contribution in [2.45, 2.75) is 18.0 Å². The number of aromatic nitrogens is 4. The van der Waals surface area contributed by atoms with Crippen molar-refractivity contribution < 1.29 is 29.3 Å². The number of nitrogens with two attached hydrogens (primary N) is 2. The number of thiazole rings is 1. The second-order valence-electron chi connectivity index (χ2n) is 7.84. The summed E-state index contributed by atoms with van der Waals surface area (Å²) in [6, 6.07) is 2.54. The van der Waals surface area contributed by atoms with E-state index in [1.165, 1.54) is 17.1 Å². The molecule has 17 heteroatoms. The lowest BCUT2D eigenvalue weighted by atomic mass is 10.0. The second-order valence-corrected chi connectivity index (χ2v) is 10.6. The highest BCUT2D eigenvalue weighted by molar-refractivity contribution is 8.00. The van der Waals surface area contributed by atoms with Crippen LogP contribution < -0.4 is 26.5 Å². The lowest BCUT2D eigenvalue weighted by molar-refractivity contribution is -0.688. The van der Waals surface area contributed by atoms with E-state index < -0.39 is 34.9 Å². The van der Waals surface area contributed by atoms with Gasteiger partial charge in [0.2, 0.25) is 0 Å².